The number of benzene rings is 2. The van der Waals surface area contributed by atoms with E-state index >= 15 is 0 Å². The third-order valence-corrected chi connectivity index (χ3v) is 3.24. The van der Waals surface area contributed by atoms with Crippen LogP contribution in [0.1, 0.15) is 12.5 Å². The summed E-state index contributed by atoms with van der Waals surface area (Å²) in [6.45, 7) is 2.36. The van der Waals surface area contributed by atoms with Crippen LogP contribution in [-0.2, 0) is 11.3 Å². The van der Waals surface area contributed by atoms with Gasteiger partial charge in [0.15, 0.2) is 0 Å². The third kappa shape index (κ3) is 4.31. The number of carbonyl (C=O) groups excluding carboxylic acids is 1. The maximum Gasteiger partial charge on any atom is 0.244 e. The van der Waals surface area contributed by atoms with E-state index < -0.39 is 0 Å². The highest BCUT2D eigenvalue weighted by atomic mass is 19.1. The van der Waals surface area contributed by atoms with E-state index in [1.54, 1.807) is 31.0 Å². The number of halogens is 1. The Kier molecular flexibility index (Phi) is 4.93. The Morgan fingerprint density at radius 2 is 1.76 bits per heavy atom. The number of nitrogens with one attached hydrogen (secondary N) is 1. The van der Waals surface area contributed by atoms with E-state index in [1.807, 2.05) is 30.3 Å². The zero-order chi connectivity index (χ0) is 15.2. The average molecular weight is 286 g/mol. The number of likely N-dealkylation sites (N-methyl/N-ethyl adjacent to an activating group) is 1. The molecule has 0 bridgehead atoms. The molecule has 21 heavy (non-hydrogen) atoms. The molecule has 0 saturated heterocycles. The van der Waals surface area contributed by atoms with Crippen LogP contribution in [0.2, 0.25) is 0 Å². The van der Waals surface area contributed by atoms with Crippen LogP contribution in [0, 0.1) is 5.82 Å². The molecule has 0 aromatic heterocycles. The van der Waals surface area contributed by atoms with Gasteiger partial charge in [0.1, 0.15) is 11.9 Å². The van der Waals surface area contributed by atoms with Crippen LogP contribution in [0.4, 0.5) is 10.1 Å². The number of carbonyl (C=O) groups is 1. The molecule has 0 aliphatic rings. The molecule has 4 heteroatoms. The van der Waals surface area contributed by atoms with Crippen LogP contribution in [0.25, 0.3) is 0 Å². The molecule has 0 aliphatic carbocycles. The van der Waals surface area contributed by atoms with Crippen molar-refractivity contribution in [1.29, 1.82) is 0 Å². The van der Waals surface area contributed by atoms with Gasteiger partial charge in [-0.1, -0.05) is 30.3 Å². The van der Waals surface area contributed by atoms with Crippen molar-refractivity contribution in [2.75, 3.05) is 12.4 Å². The van der Waals surface area contributed by atoms with Gasteiger partial charge in [0.05, 0.1) is 0 Å². The number of rotatable bonds is 5. The largest absolute Gasteiger partial charge is 0.374 e. The van der Waals surface area contributed by atoms with Crippen molar-refractivity contribution in [3.05, 3.63) is 66.0 Å². The first-order chi connectivity index (χ1) is 10.1. The second kappa shape index (κ2) is 6.88. The first kappa shape index (κ1) is 15.0. The Hall–Kier alpha value is -2.36. The molecule has 2 aromatic rings. The number of hydrogen-bond donors (Lipinski definition) is 1. The molecule has 0 saturated carbocycles. The van der Waals surface area contributed by atoms with Crippen LogP contribution < -0.4 is 5.32 Å². The summed E-state index contributed by atoms with van der Waals surface area (Å²) in [6.07, 6.45) is 0. The van der Waals surface area contributed by atoms with Crippen molar-refractivity contribution in [2.45, 2.75) is 19.5 Å². The smallest absolute Gasteiger partial charge is 0.244 e. The lowest BCUT2D eigenvalue weighted by Crippen LogP contribution is -2.38. The van der Waals surface area contributed by atoms with E-state index in [-0.39, 0.29) is 17.8 Å². The van der Waals surface area contributed by atoms with Crippen LogP contribution in [0.3, 0.4) is 0 Å². The molecule has 110 valence electrons. The molecule has 1 amide bonds. The summed E-state index contributed by atoms with van der Waals surface area (Å²) >= 11 is 0. The minimum atomic E-state index is -0.371. The monoisotopic (exact) mass is 286 g/mol. The lowest BCUT2D eigenvalue weighted by atomic mass is 10.2. The predicted octanol–water partition coefficient (Wildman–Crippen LogP) is 3.28. The van der Waals surface area contributed by atoms with Crippen molar-refractivity contribution in [3.8, 4) is 0 Å². The number of hydrogen-bond acceptors (Lipinski definition) is 2. The van der Waals surface area contributed by atoms with E-state index in [0.717, 1.165) is 11.3 Å². The standard InChI is InChI=1S/C17H19FN2O/c1-13(19-16-10-8-15(18)9-11-16)17(21)20(2)12-14-6-4-3-5-7-14/h3-11,13,19H,12H2,1-2H3/t13-/m1/s1. The van der Waals surface area contributed by atoms with Gasteiger partial charge in [0.2, 0.25) is 5.91 Å². The molecule has 2 rings (SSSR count). The summed E-state index contributed by atoms with van der Waals surface area (Å²) < 4.78 is 12.9. The van der Waals surface area contributed by atoms with Crippen LogP contribution in [-0.4, -0.2) is 23.9 Å². The fourth-order valence-electron chi connectivity index (χ4n) is 2.12. The van der Waals surface area contributed by atoms with Crippen LogP contribution in [0.15, 0.2) is 54.6 Å². The zero-order valence-electron chi connectivity index (χ0n) is 12.2. The maximum absolute atomic E-state index is 12.9. The topological polar surface area (TPSA) is 32.3 Å². The molecular formula is C17H19FN2O. The minimum Gasteiger partial charge on any atom is -0.374 e. The fraction of sp³-hybridized carbons (Fsp3) is 0.235. The summed E-state index contributed by atoms with van der Waals surface area (Å²) in [6, 6.07) is 15.4. The molecule has 0 radical (unpaired) electrons. The second-order valence-electron chi connectivity index (χ2n) is 5.05. The number of nitrogens with zero attached hydrogens (tertiary/aromatic N) is 1. The molecule has 0 heterocycles. The van der Waals surface area contributed by atoms with Gasteiger partial charge in [-0.2, -0.15) is 0 Å². The Morgan fingerprint density at radius 1 is 1.14 bits per heavy atom. The SMILES string of the molecule is C[C@@H](Nc1ccc(F)cc1)C(=O)N(C)Cc1ccccc1. The summed E-state index contributed by atoms with van der Waals surface area (Å²) in [5, 5.41) is 3.08. The van der Waals surface area contributed by atoms with Gasteiger partial charge in [0, 0.05) is 19.3 Å². The van der Waals surface area contributed by atoms with Crippen molar-refractivity contribution < 1.29 is 9.18 Å². The quantitative estimate of drug-likeness (QED) is 0.914. The Balaban J connectivity index is 1.93. The summed E-state index contributed by atoms with van der Waals surface area (Å²) in [5.41, 5.74) is 1.81. The van der Waals surface area contributed by atoms with Gasteiger partial charge in [-0.05, 0) is 36.8 Å². The van der Waals surface area contributed by atoms with Crippen LogP contribution >= 0.6 is 0 Å². The van der Waals surface area contributed by atoms with Crippen molar-refractivity contribution in [2.24, 2.45) is 0 Å². The van der Waals surface area contributed by atoms with Gasteiger partial charge in [-0.15, -0.1) is 0 Å². The van der Waals surface area contributed by atoms with Gasteiger partial charge >= 0.3 is 0 Å². The summed E-state index contributed by atoms with van der Waals surface area (Å²) in [7, 11) is 1.78. The lowest BCUT2D eigenvalue weighted by molar-refractivity contribution is -0.130. The van der Waals surface area contributed by atoms with Gasteiger partial charge in [-0.25, -0.2) is 4.39 Å². The van der Waals surface area contributed by atoms with Gasteiger partial charge < -0.3 is 10.2 Å². The summed E-state index contributed by atoms with van der Waals surface area (Å²) in [5.74, 6) is -0.302. The van der Waals surface area contributed by atoms with E-state index in [0.29, 0.717) is 6.54 Å². The number of anilines is 1. The molecule has 0 spiro atoms. The van der Waals surface area contributed by atoms with E-state index in [9.17, 15) is 9.18 Å². The molecule has 0 fully saturated rings. The predicted molar refractivity (Wildman–Crippen MR) is 82.4 cm³/mol. The highest BCUT2D eigenvalue weighted by molar-refractivity contribution is 5.84. The zero-order valence-corrected chi connectivity index (χ0v) is 12.2. The molecule has 1 N–H and O–H groups in total. The Bertz CT molecular complexity index is 583. The van der Waals surface area contributed by atoms with Crippen molar-refractivity contribution in [3.63, 3.8) is 0 Å². The second-order valence-corrected chi connectivity index (χ2v) is 5.05. The highest BCUT2D eigenvalue weighted by Gasteiger charge is 2.17. The number of amides is 1. The molecule has 0 unspecified atom stereocenters. The average Bonchev–Trinajstić information content (AvgIpc) is 2.49. The normalized spacial score (nSPS) is 11.8. The first-order valence-corrected chi connectivity index (χ1v) is 6.87. The Morgan fingerprint density at radius 3 is 2.38 bits per heavy atom. The van der Waals surface area contributed by atoms with E-state index in [2.05, 4.69) is 5.32 Å². The van der Waals surface area contributed by atoms with E-state index in [1.165, 1.54) is 12.1 Å². The molecule has 1 atom stereocenters. The highest BCUT2D eigenvalue weighted by Crippen LogP contribution is 2.11. The van der Waals surface area contributed by atoms with Crippen molar-refractivity contribution >= 4 is 11.6 Å². The molecular weight excluding hydrogens is 267 g/mol. The van der Waals surface area contributed by atoms with E-state index in [4.69, 9.17) is 0 Å². The van der Waals surface area contributed by atoms with Crippen LogP contribution in [0.5, 0.6) is 0 Å². The fourth-order valence-corrected chi connectivity index (χ4v) is 2.12. The lowest BCUT2D eigenvalue weighted by Gasteiger charge is -2.23. The third-order valence-electron chi connectivity index (χ3n) is 3.24. The Labute approximate surface area is 124 Å². The van der Waals surface area contributed by atoms with Gasteiger partial charge in [0.25, 0.3) is 0 Å². The molecule has 0 aliphatic heterocycles. The van der Waals surface area contributed by atoms with Crippen molar-refractivity contribution in [1.82, 2.24) is 4.90 Å². The first-order valence-electron chi connectivity index (χ1n) is 6.87. The maximum atomic E-state index is 12.9. The molecule has 3 nitrogen and oxygen atoms in total. The molecule has 2 aromatic carbocycles. The minimum absolute atomic E-state index is 0.0109. The summed E-state index contributed by atoms with van der Waals surface area (Å²) in [4.78, 5) is 14.0. The van der Waals surface area contributed by atoms with Gasteiger partial charge in [-0.3, -0.25) is 4.79 Å².